The molecule has 0 aliphatic heterocycles. The van der Waals surface area contributed by atoms with E-state index in [-0.39, 0.29) is 0 Å². The Morgan fingerprint density at radius 2 is 1.80 bits per heavy atom. The minimum absolute atomic E-state index is 0.360. The van der Waals surface area contributed by atoms with E-state index < -0.39 is 17.5 Å². The van der Waals surface area contributed by atoms with Gasteiger partial charge in [-0.1, -0.05) is 47.3 Å². The largest absolute Gasteiger partial charge is 0.481 e. The van der Waals surface area contributed by atoms with Gasteiger partial charge in [0.05, 0.1) is 11.5 Å². The van der Waals surface area contributed by atoms with Gasteiger partial charge < -0.3 is 10.2 Å². The van der Waals surface area contributed by atoms with Crippen LogP contribution in [0.4, 0.5) is 0 Å². The van der Waals surface area contributed by atoms with Gasteiger partial charge in [-0.25, -0.2) is 0 Å². The van der Waals surface area contributed by atoms with Gasteiger partial charge in [-0.05, 0) is 43.4 Å². The molecule has 1 saturated carbocycles. The smallest absolute Gasteiger partial charge is 0.306 e. The molecule has 1 aromatic rings. The maximum atomic E-state index is 11.5. The fourth-order valence-corrected chi connectivity index (χ4v) is 3.29. The van der Waals surface area contributed by atoms with Crippen molar-refractivity contribution < 1.29 is 15.0 Å². The van der Waals surface area contributed by atoms with Crippen LogP contribution in [-0.2, 0) is 11.2 Å². The van der Waals surface area contributed by atoms with E-state index >= 15 is 0 Å². The zero-order chi connectivity index (χ0) is 14.6. The first-order valence-corrected chi connectivity index (χ1v) is 7.97. The number of aliphatic hydroxyl groups is 1. The quantitative estimate of drug-likeness (QED) is 0.857. The van der Waals surface area contributed by atoms with Gasteiger partial charge in [0.1, 0.15) is 0 Å². The standard InChI is InChI=1S/C16H21BrO3/c17-14-6-4-12(5-7-14)10-13(15(18)19)11-16(20)8-2-1-3-9-16/h4-7,13,20H,1-3,8-11H2,(H,18,19). The Kier molecular flexibility index (Phi) is 5.22. The number of benzene rings is 1. The van der Waals surface area contributed by atoms with Crippen molar-refractivity contribution in [1.29, 1.82) is 0 Å². The molecular weight excluding hydrogens is 320 g/mol. The van der Waals surface area contributed by atoms with Crippen molar-refractivity contribution in [2.45, 2.75) is 50.5 Å². The minimum atomic E-state index is -0.813. The normalized spacial score (nSPS) is 19.5. The fourth-order valence-electron chi connectivity index (χ4n) is 3.02. The van der Waals surface area contributed by atoms with E-state index in [2.05, 4.69) is 15.9 Å². The topological polar surface area (TPSA) is 57.5 Å². The summed E-state index contributed by atoms with van der Waals surface area (Å²) < 4.78 is 0.985. The molecule has 0 amide bonds. The van der Waals surface area contributed by atoms with E-state index in [1.165, 1.54) is 0 Å². The Morgan fingerprint density at radius 3 is 2.35 bits per heavy atom. The van der Waals surface area contributed by atoms with Gasteiger partial charge in [0.25, 0.3) is 0 Å². The highest BCUT2D eigenvalue weighted by atomic mass is 79.9. The highest BCUT2D eigenvalue weighted by Gasteiger charge is 2.34. The van der Waals surface area contributed by atoms with Crippen LogP contribution in [0.15, 0.2) is 28.7 Å². The summed E-state index contributed by atoms with van der Waals surface area (Å²) >= 11 is 3.37. The van der Waals surface area contributed by atoms with Crippen LogP contribution >= 0.6 is 15.9 Å². The molecule has 0 bridgehead atoms. The van der Waals surface area contributed by atoms with Crippen molar-refractivity contribution in [2.75, 3.05) is 0 Å². The van der Waals surface area contributed by atoms with Crippen LogP contribution in [0.3, 0.4) is 0 Å². The number of halogens is 1. The van der Waals surface area contributed by atoms with Crippen LogP contribution in [0.2, 0.25) is 0 Å². The van der Waals surface area contributed by atoms with Crippen LogP contribution in [0, 0.1) is 5.92 Å². The van der Waals surface area contributed by atoms with Gasteiger partial charge in [0.15, 0.2) is 0 Å². The molecule has 2 rings (SSSR count). The van der Waals surface area contributed by atoms with E-state index in [0.717, 1.165) is 42.1 Å². The molecule has 1 aromatic carbocycles. The van der Waals surface area contributed by atoms with E-state index in [0.29, 0.717) is 12.8 Å². The molecule has 1 fully saturated rings. The molecule has 2 N–H and O–H groups in total. The van der Waals surface area contributed by atoms with Crippen molar-refractivity contribution >= 4 is 21.9 Å². The lowest BCUT2D eigenvalue weighted by Gasteiger charge is -2.34. The molecule has 1 aliphatic rings. The lowest BCUT2D eigenvalue weighted by molar-refractivity contribution is -0.145. The van der Waals surface area contributed by atoms with Gasteiger partial charge in [-0.2, -0.15) is 0 Å². The molecule has 0 heterocycles. The van der Waals surface area contributed by atoms with Crippen molar-refractivity contribution in [3.8, 4) is 0 Å². The van der Waals surface area contributed by atoms with Gasteiger partial charge >= 0.3 is 5.97 Å². The average Bonchev–Trinajstić information content (AvgIpc) is 2.41. The third-order valence-corrected chi connectivity index (χ3v) is 4.68. The van der Waals surface area contributed by atoms with E-state index in [9.17, 15) is 15.0 Å². The molecule has 1 aliphatic carbocycles. The second-order valence-corrected chi connectivity index (χ2v) is 6.77. The molecule has 1 unspecified atom stereocenters. The molecular formula is C16H21BrO3. The lowest BCUT2D eigenvalue weighted by atomic mass is 9.77. The summed E-state index contributed by atoms with van der Waals surface area (Å²) in [6, 6.07) is 7.71. The van der Waals surface area contributed by atoms with Crippen molar-refractivity contribution in [1.82, 2.24) is 0 Å². The van der Waals surface area contributed by atoms with Crippen molar-refractivity contribution in [2.24, 2.45) is 5.92 Å². The predicted octanol–water partition coefficient (Wildman–Crippen LogP) is 3.78. The average molecular weight is 341 g/mol. The first-order chi connectivity index (χ1) is 9.48. The number of carbonyl (C=O) groups is 1. The maximum Gasteiger partial charge on any atom is 0.306 e. The number of hydrogen-bond acceptors (Lipinski definition) is 2. The van der Waals surface area contributed by atoms with Gasteiger partial charge in [0.2, 0.25) is 0 Å². The zero-order valence-electron chi connectivity index (χ0n) is 11.5. The molecule has 0 radical (unpaired) electrons. The highest BCUT2D eigenvalue weighted by molar-refractivity contribution is 9.10. The molecule has 1 atom stereocenters. The Balaban J connectivity index is 2.03. The van der Waals surface area contributed by atoms with Crippen LogP contribution in [0.1, 0.15) is 44.1 Å². The summed E-state index contributed by atoms with van der Waals surface area (Å²) in [6.07, 6.45) is 5.45. The Labute approximate surface area is 128 Å². The van der Waals surface area contributed by atoms with Gasteiger partial charge in [-0.15, -0.1) is 0 Å². The minimum Gasteiger partial charge on any atom is -0.481 e. The SMILES string of the molecule is O=C(O)C(Cc1ccc(Br)cc1)CC1(O)CCCCC1. The van der Waals surface area contributed by atoms with E-state index in [1.54, 1.807) is 0 Å². The number of carboxylic acids is 1. The lowest BCUT2D eigenvalue weighted by Crippen LogP contribution is -2.36. The zero-order valence-corrected chi connectivity index (χ0v) is 13.1. The van der Waals surface area contributed by atoms with Crippen LogP contribution in [-0.4, -0.2) is 21.8 Å². The Morgan fingerprint density at radius 1 is 1.20 bits per heavy atom. The summed E-state index contributed by atoms with van der Waals surface area (Å²) in [5, 5.41) is 20.0. The van der Waals surface area contributed by atoms with Crippen molar-refractivity contribution in [3.05, 3.63) is 34.3 Å². The molecule has 0 saturated heterocycles. The summed E-state index contributed by atoms with van der Waals surface area (Å²) in [6.45, 7) is 0. The number of hydrogen-bond donors (Lipinski definition) is 2. The molecule has 110 valence electrons. The summed E-state index contributed by atoms with van der Waals surface area (Å²) in [5.41, 5.74) is 0.219. The number of rotatable bonds is 5. The second-order valence-electron chi connectivity index (χ2n) is 5.85. The monoisotopic (exact) mass is 340 g/mol. The second kappa shape index (κ2) is 6.72. The molecule has 0 aromatic heterocycles. The van der Waals surface area contributed by atoms with Crippen LogP contribution in [0.25, 0.3) is 0 Å². The Bertz CT molecular complexity index is 449. The Hall–Kier alpha value is -0.870. The van der Waals surface area contributed by atoms with Gasteiger partial charge in [-0.3, -0.25) is 4.79 Å². The maximum absolute atomic E-state index is 11.5. The molecule has 3 nitrogen and oxygen atoms in total. The first kappa shape index (κ1) is 15.5. The predicted molar refractivity (Wildman–Crippen MR) is 81.6 cm³/mol. The molecule has 0 spiro atoms. The summed E-state index contributed by atoms with van der Waals surface area (Å²) in [4.78, 5) is 11.5. The summed E-state index contributed by atoms with van der Waals surface area (Å²) in [7, 11) is 0. The van der Waals surface area contributed by atoms with Crippen LogP contribution in [0.5, 0.6) is 0 Å². The third-order valence-electron chi connectivity index (χ3n) is 4.16. The molecule has 4 heteroatoms. The van der Waals surface area contributed by atoms with Crippen LogP contribution < -0.4 is 0 Å². The van der Waals surface area contributed by atoms with E-state index in [4.69, 9.17) is 0 Å². The molecule has 20 heavy (non-hydrogen) atoms. The van der Waals surface area contributed by atoms with Crippen molar-refractivity contribution in [3.63, 3.8) is 0 Å². The fraction of sp³-hybridized carbons (Fsp3) is 0.562. The summed E-state index contributed by atoms with van der Waals surface area (Å²) in [5.74, 6) is -1.33. The van der Waals surface area contributed by atoms with E-state index in [1.807, 2.05) is 24.3 Å². The van der Waals surface area contributed by atoms with Gasteiger partial charge in [0, 0.05) is 4.47 Å². The first-order valence-electron chi connectivity index (χ1n) is 7.18. The number of aliphatic carboxylic acids is 1. The highest BCUT2D eigenvalue weighted by Crippen LogP contribution is 2.34. The third kappa shape index (κ3) is 4.32. The number of carboxylic acid groups (broad SMARTS) is 1.